The van der Waals surface area contributed by atoms with Gasteiger partial charge in [-0.3, -0.25) is 4.79 Å². The molecule has 33 heavy (non-hydrogen) atoms. The van der Waals surface area contributed by atoms with E-state index in [0.717, 1.165) is 23.7 Å². The van der Waals surface area contributed by atoms with Crippen LogP contribution < -0.4 is 20.9 Å². The van der Waals surface area contributed by atoms with E-state index in [-0.39, 0.29) is 11.6 Å². The summed E-state index contributed by atoms with van der Waals surface area (Å²) < 4.78 is 43.2. The van der Waals surface area contributed by atoms with Gasteiger partial charge < -0.3 is 20.9 Å². The number of amides is 1. The molecule has 0 unspecified atom stereocenters. The molecule has 1 amide bonds. The number of anilines is 3. The van der Waals surface area contributed by atoms with Crippen molar-refractivity contribution < 1.29 is 18.0 Å². The van der Waals surface area contributed by atoms with Crippen LogP contribution in [0.15, 0.2) is 47.8 Å². The van der Waals surface area contributed by atoms with Crippen molar-refractivity contribution in [2.75, 3.05) is 36.2 Å². The summed E-state index contributed by atoms with van der Waals surface area (Å²) in [5, 5.41) is 14.3. The minimum Gasteiger partial charge on any atom is -0.378 e. The number of benzene rings is 2. The Kier molecular flexibility index (Phi) is 7.82. The first-order valence-corrected chi connectivity index (χ1v) is 11.0. The highest BCUT2D eigenvalue weighted by Gasteiger charge is 2.31. The number of thiocarbonyl (C=S) groups is 1. The third-order valence-corrected chi connectivity index (χ3v) is 5.26. The number of aromatic nitrogens is 2. The van der Waals surface area contributed by atoms with E-state index in [9.17, 15) is 18.0 Å². The number of hydrogen-bond donors (Lipinski definition) is 3. The maximum Gasteiger partial charge on any atom is 0.416 e. The number of nitrogens with one attached hydrogen (secondary N) is 3. The van der Waals surface area contributed by atoms with Crippen LogP contribution >= 0.6 is 23.8 Å². The van der Waals surface area contributed by atoms with E-state index in [1.807, 2.05) is 0 Å². The zero-order valence-corrected chi connectivity index (χ0v) is 19.4. The van der Waals surface area contributed by atoms with Crippen LogP contribution in [0.5, 0.6) is 0 Å². The number of carbonyl (C=O) groups excluding carboxylic acids is 1. The minimum atomic E-state index is -4.41. The molecule has 1 aromatic heterocycles. The summed E-state index contributed by atoms with van der Waals surface area (Å²) in [5.74, 6) is -0.353. The third kappa shape index (κ3) is 7.12. The molecule has 0 aliphatic heterocycles. The number of nitrogens with zero attached hydrogens (tertiary/aromatic N) is 3. The lowest BCUT2D eigenvalue weighted by atomic mass is 10.1. The number of hydrogen-bond acceptors (Lipinski definition) is 6. The summed E-state index contributed by atoms with van der Waals surface area (Å²) in [7, 11) is 3.40. The summed E-state index contributed by atoms with van der Waals surface area (Å²) in [6.45, 7) is 0.357. The fraction of sp³-hybridized carbons (Fsp3) is 0.238. The summed E-state index contributed by atoms with van der Waals surface area (Å²) in [6, 6.07) is 10.9. The maximum absolute atomic E-state index is 13.2. The molecule has 0 saturated heterocycles. The summed E-state index contributed by atoms with van der Waals surface area (Å²) >= 11 is 6.36. The molecule has 0 fully saturated rings. The molecular formula is C21H21F3N6OS2. The first-order chi connectivity index (χ1) is 15.6. The lowest BCUT2D eigenvalue weighted by Gasteiger charge is -2.18. The molecule has 1 heterocycles. The molecule has 2 aromatic carbocycles. The molecule has 0 saturated carbocycles. The van der Waals surface area contributed by atoms with Gasteiger partial charge in [0.05, 0.1) is 5.56 Å². The number of carbonyl (C=O) groups is 1. The predicted molar refractivity (Wildman–Crippen MR) is 128 cm³/mol. The van der Waals surface area contributed by atoms with E-state index in [0.29, 0.717) is 40.7 Å². The zero-order chi connectivity index (χ0) is 24.0. The van der Waals surface area contributed by atoms with Gasteiger partial charge in [-0.1, -0.05) is 4.49 Å². The van der Waals surface area contributed by atoms with Gasteiger partial charge in [0.1, 0.15) is 0 Å². The van der Waals surface area contributed by atoms with Crippen LogP contribution in [-0.2, 0) is 12.6 Å². The maximum atomic E-state index is 13.2. The standard InChI is InChI=1S/C21H21F3N6OS2/c1-30(2)17-10-13(9-14(11-17)21(22,23)24)7-8-25-20(32)27-16-5-3-15(4-6-16)26-19(31)18-12-33-29-28-18/h3-6,9-12H,7-8H2,1-2H3,(H,26,31)(H2,25,27,32). The van der Waals surface area contributed by atoms with Gasteiger partial charge in [-0.05, 0) is 78.2 Å². The van der Waals surface area contributed by atoms with Crippen LogP contribution in [0.2, 0.25) is 0 Å². The topological polar surface area (TPSA) is 82.2 Å². The molecule has 0 spiro atoms. The Labute approximate surface area is 198 Å². The second-order valence-electron chi connectivity index (χ2n) is 7.23. The number of rotatable bonds is 7. The Balaban J connectivity index is 1.51. The fourth-order valence-corrected chi connectivity index (χ4v) is 3.49. The lowest BCUT2D eigenvalue weighted by molar-refractivity contribution is -0.137. The second kappa shape index (κ2) is 10.6. The van der Waals surface area contributed by atoms with E-state index < -0.39 is 11.7 Å². The monoisotopic (exact) mass is 494 g/mol. The number of alkyl halides is 3. The molecule has 12 heteroatoms. The van der Waals surface area contributed by atoms with Crippen molar-refractivity contribution in [3.8, 4) is 0 Å². The van der Waals surface area contributed by atoms with E-state index in [2.05, 4.69) is 25.5 Å². The number of halogens is 3. The van der Waals surface area contributed by atoms with Gasteiger partial charge in [-0.15, -0.1) is 5.10 Å². The lowest BCUT2D eigenvalue weighted by Crippen LogP contribution is -2.30. The van der Waals surface area contributed by atoms with Gasteiger partial charge in [0, 0.05) is 43.1 Å². The van der Waals surface area contributed by atoms with Crippen molar-refractivity contribution in [2.24, 2.45) is 0 Å². The Morgan fingerprint density at radius 3 is 2.33 bits per heavy atom. The molecule has 3 rings (SSSR count). The summed E-state index contributed by atoms with van der Waals surface area (Å²) in [6.07, 6.45) is -4.04. The normalized spacial score (nSPS) is 11.1. The van der Waals surface area contributed by atoms with E-state index in [4.69, 9.17) is 12.2 Å². The molecule has 0 bridgehead atoms. The highest BCUT2D eigenvalue weighted by Crippen LogP contribution is 2.32. The van der Waals surface area contributed by atoms with Gasteiger partial charge in [0.2, 0.25) is 0 Å². The molecule has 0 aliphatic carbocycles. The van der Waals surface area contributed by atoms with Gasteiger partial charge in [0.25, 0.3) is 5.91 Å². The summed E-state index contributed by atoms with van der Waals surface area (Å²) in [5.41, 5.74) is 1.88. The summed E-state index contributed by atoms with van der Waals surface area (Å²) in [4.78, 5) is 13.6. The van der Waals surface area contributed by atoms with Crippen LogP contribution in [-0.4, -0.2) is 41.2 Å². The predicted octanol–water partition coefficient (Wildman–Crippen LogP) is 4.40. The van der Waals surface area contributed by atoms with Gasteiger partial charge in [0.15, 0.2) is 10.8 Å². The molecule has 3 N–H and O–H groups in total. The first-order valence-electron chi connectivity index (χ1n) is 9.73. The van der Waals surface area contributed by atoms with E-state index in [1.165, 1.54) is 0 Å². The van der Waals surface area contributed by atoms with E-state index in [1.54, 1.807) is 54.7 Å². The fourth-order valence-electron chi connectivity index (χ4n) is 2.83. The van der Waals surface area contributed by atoms with Gasteiger partial charge in [-0.25, -0.2) is 0 Å². The van der Waals surface area contributed by atoms with Crippen molar-refractivity contribution in [1.29, 1.82) is 0 Å². The Bertz CT molecular complexity index is 1100. The van der Waals surface area contributed by atoms with Gasteiger partial charge in [-0.2, -0.15) is 13.2 Å². The largest absolute Gasteiger partial charge is 0.416 e. The second-order valence-corrected chi connectivity index (χ2v) is 8.25. The van der Waals surface area contributed by atoms with Gasteiger partial charge >= 0.3 is 6.18 Å². The zero-order valence-electron chi connectivity index (χ0n) is 17.7. The van der Waals surface area contributed by atoms with Crippen LogP contribution in [0.25, 0.3) is 0 Å². The average molecular weight is 495 g/mol. The van der Waals surface area contributed by atoms with Crippen molar-refractivity contribution in [3.63, 3.8) is 0 Å². The average Bonchev–Trinajstić information content (AvgIpc) is 3.29. The molecule has 174 valence electrons. The first kappa shape index (κ1) is 24.4. The van der Waals surface area contributed by atoms with Crippen molar-refractivity contribution >= 4 is 51.8 Å². The highest BCUT2D eigenvalue weighted by atomic mass is 32.1. The quantitative estimate of drug-likeness (QED) is 0.420. The van der Waals surface area contributed by atoms with E-state index >= 15 is 0 Å². The van der Waals surface area contributed by atoms with Crippen LogP contribution in [0.3, 0.4) is 0 Å². The smallest absolute Gasteiger partial charge is 0.378 e. The molecular weight excluding hydrogens is 473 g/mol. The van der Waals surface area contributed by atoms with Crippen LogP contribution in [0, 0.1) is 0 Å². The Hall–Kier alpha value is -3.25. The molecule has 3 aromatic rings. The van der Waals surface area contributed by atoms with Crippen molar-refractivity contribution in [2.45, 2.75) is 12.6 Å². The van der Waals surface area contributed by atoms with Crippen molar-refractivity contribution in [1.82, 2.24) is 14.9 Å². The molecule has 0 atom stereocenters. The SMILES string of the molecule is CN(C)c1cc(CCNC(=S)Nc2ccc(NC(=O)c3csnn3)cc2)cc(C(F)(F)F)c1. The Morgan fingerprint density at radius 2 is 1.76 bits per heavy atom. The molecule has 0 aliphatic rings. The van der Waals surface area contributed by atoms with Crippen LogP contribution in [0.1, 0.15) is 21.6 Å². The molecule has 7 nitrogen and oxygen atoms in total. The van der Waals surface area contributed by atoms with Crippen LogP contribution in [0.4, 0.5) is 30.2 Å². The Morgan fingerprint density at radius 1 is 1.09 bits per heavy atom. The highest BCUT2D eigenvalue weighted by molar-refractivity contribution is 7.80. The third-order valence-electron chi connectivity index (χ3n) is 4.51. The minimum absolute atomic E-state index is 0.242. The van der Waals surface area contributed by atoms with Crippen molar-refractivity contribution in [3.05, 3.63) is 64.7 Å². The molecule has 0 radical (unpaired) electrons.